The Labute approximate surface area is 168 Å². The molecule has 2 heterocycles. The summed E-state index contributed by atoms with van der Waals surface area (Å²) in [5.41, 5.74) is 1.29. The van der Waals surface area contributed by atoms with E-state index in [4.69, 9.17) is 4.55 Å². The minimum Gasteiger partial charge on any atom is -0.504 e. The molecule has 2 aromatic heterocycles. The van der Waals surface area contributed by atoms with Gasteiger partial charge in [0.05, 0.1) is 16.6 Å². The minimum absolute atomic E-state index is 0.0926. The fourth-order valence-corrected chi connectivity index (χ4v) is 4.99. The third-order valence-corrected chi connectivity index (χ3v) is 6.12. The monoisotopic (exact) mass is 448 g/mol. The van der Waals surface area contributed by atoms with Gasteiger partial charge in [-0.2, -0.15) is 16.8 Å². The second-order valence-electron chi connectivity index (χ2n) is 6.64. The van der Waals surface area contributed by atoms with Crippen LogP contribution in [0.2, 0.25) is 0 Å². The zero-order chi connectivity index (χ0) is 21.4. The predicted molar refractivity (Wildman–Crippen MR) is 110 cm³/mol. The lowest BCUT2D eigenvalue weighted by Crippen LogP contribution is -2.11. The molecule has 0 bridgehead atoms. The number of hydrogen-bond acceptors (Lipinski definition) is 6. The van der Waals surface area contributed by atoms with E-state index in [1.165, 1.54) is 6.07 Å². The van der Waals surface area contributed by atoms with Gasteiger partial charge in [-0.15, -0.1) is 0 Å². The molecular formula is C18H12N2O8S2. The van der Waals surface area contributed by atoms with Crippen LogP contribution < -0.4 is 4.18 Å². The lowest BCUT2D eigenvalue weighted by atomic mass is 10.1. The van der Waals surface area contributed by atoms with E-state index < -0.39 is 32.2 Å². The van der Waals surface area contributed by atoms with Gasteiger partial charge < -0.3 is 14.3 Å². The molecule has 0 radical (unpaired) electrons. The van der Waals surface area contributed by atoms with Gasteiger partial charge in [0.2, 0.25) is 0 Å². The highest BCUT2D eigenvalue weighted by molar-refractivity contribution is 7.84. The number of fused-ring (bicyclic) bond motifs is 7. The summed E-state index contributed by atoms with van der Waals surface area (Å²) in [6, 6.07) is 12.6. The average molecular weight is 448 g/mol. The lowest BCUT2D eigenvalue weighted by molar-refractivity contribution is 0.371. The number of benzene rings is 3. The summed E-state index contributed by atoms with van der Waals surface area (Å²) in [5, 5.41) is 12.5. The maximum absolute atomic E-state index is 12.1. The van der Waals surface area contributed by atoms with Crippen molar-refractivity contribution in [2.24, 2.45) is 0 Å². The highest BCUT2D eigenvalue weighted by Gasteiger charge is 2.24. The maximum atomic E-state index is 12.1. The van der Waals surface area contributed by atoms with Crippen LogP contribution in [0.5, 0.6) is 11.5 Å². The number of H-pyrrole nitrogens is 1. The number of aromatic nitrogens is 2. The van der Waals surface area contributed by atoms with E-state index in [1.54, 1.807) is 6.07 Å². The third kappa shape index (κ3) is 2.69. The van der Waals surface area contributed by atoms with E-state index in [9.17, 15) is 26.5 Å². The SMILES string of the molecule is O=S(=O)(O)Oc1cc2c(cc1O)c1c3[nH]c4ccccc4c3ccc1n2S(=O)(=O)O. The summed E-state index contributed by atoms with van der Waals surface area (Å²) in [6.07, 6.45) is 0. The van der Waals surface area contributed by atoms with Gasteiger partial charge in [0.25, 0.3) is 0 Å². The molecule has 5 aromatic rings. The first-order valence-corrected chi connectivity index (χ1v) is 11.2. The van der Waals surface area contributed by atoms with E-state index in [-0.39, 0.29) is 16.4 Å². The molecule has 0 aliphatic rings. The van der Waals surface area contributed by atoms with Gasteiger partial charge in [0.1, 0.15) is 0 Å². The van der Waals surface area contributed by atoms with Crippen LogP contribution in [0, 0.1) is 0 Å². The molecule has 4 N–H and O–H groups in total. The Balaban J connectivity index is 2.02. The fourth-order valence-electron chi connectivity index (χ4n) is 3.83. The number of rotatable bonds is 3. The number of para-hydroxylation sites is 1. The molecule has 0 fully saturated rings. The Morgan fingerprint density at radius 2 is 1.60 bits per heavy atom. The topological polar surface area (TPSA) is 159 Å². The standard InChI is InChI=1S/C18H12N2O8S2/c21-15-7-11-14(8-16(15)28-30(25,26)27)20(29(22,23)24)13-6-5-10-9-3-1-2-4-12(9)19-18(10)17(11)13/h1-8,19,21H,(H,22,23,24)(H,25,26,27). The van der Waals surface area contributed by atoms with Crippen molar-refractivity contribution in [3.05, 3.63) is 48.5 Å². The first-order valence-electron chi connectivity index (χ1n) is 8.40. The van der Waals surface area contributed by atoms with Crippen molar-refractivity contribution in [1.29, 1.82) is 0 Å². The molecule has 0 spiro atoms. The number of phenols is 1. The number of hydrogen-bond donors (Lipinski definition) is 4. The Hall–Kier alpha value is -3.32. The molecule has 0 atom stereocenters. The molecule has 0 saturated carbocycles. The zero-order valence-electron chi connectivity index (χ0n) is 14.8. The van der Waals surface area contributed by atoms with Crippen molar-refractivity contribution in [3.8, 4) is 11.5 Å². The average Bonchev–Trinajstić information content (AvgIpc) is 3.15. The first-order chi connectivity index (χ1) is 14.0. The van der Waals surface area contributed by atoms with Crippen LogP contribution in [0.1, 0.15) is 0 Å². The van der Waals surface area contributed by atoms with Gasteiger partial charge in [-0.05, 0) is 18.2 Å². The van der Waals surface area contributed by atoms with Crippen molar-refractivity contribution in [2.75, 3.05) is 0 Å². The van der Waals surface area contributed by atoms with Crippen LogP contribution in [0.3, 0.4) is 0 Å². The summed E-state index contributed by atoms with van der Waals surface area (Å²) in [6.45, 7) is 0. The van der Waals surface area contributed by atoms with E-state index in [1.807, 2.05) is 24.3 Å². The van der Waals surface area contributed by atoms with Gasteiger partial charge in [-0.3, -0.25) is 9.11 Å². The van der Waals surface area contributed by atoms with E-state index in [0.717, 1.165) is 28.4 Å². The molecule has 0 unspecified atom stereocenters. The van der Waals surface area contributed by atoms with Crippen LogP contribution in [-0.4, -0.2) is 40.0 Å². The fraction of sp³-hybridized carbons (Fsp3) is 0. The molecule has 10 nitrogen and oxygen atoms in total. The lowest BCUT2D eigenvalue weighted by Gasteiger charge is -2.06. The summed E-state index contributed by atoms with van der Waals surface area (Å²) in [7, 11) is -9.82. The molecule has 5 rings (SSSR count). The summed E-state index contributed by atoms with van der Waals surface area (Å²) in [4.78, 5) is 3.21. The van der Waals surface area contributed by atoms with Crippen LogP contribution in [0.4, 0.5) is 0 Å². The third-order valence-electron chi connectivity index (χ3n) is 4.87. The minimum atomic E-state index is -4.99. The Kier molecular flexibility index (Phi) is 3.65. The number of aromatic amines is 1. The molecule has 0 aliphatic carbocycles. The predicted octanol–water partition coefficient (Wildman–Crippen LogP) is 2.97. The number of nitrogens with zero attached hydrogens (tertiary/aromatic N) is 1. The van der Waals surface area contributed by atoms with Gasteiger partial charge in [0.15, 0.2) is 11.5 Å². The molecule has 30 heavy (non-hydrogen) atoms. The van der Waals surface area contributed by atoms with Crippen LogP contribution in [-0.2, 0) is 20.7 Å². The van der Waals surface area contributed by atoms with Crippen LogP contribution >= 0.6 is 0 Å². The molecule has 0 amide bonds. The molecule has 12 heteroatoms. The first kappa shape index (κ1) is 18.7. The second kappa shape index (κ2) is 5.86. The second-order valence-corrected chi connectivity index (χ2v) is 8.93. The van der Waals surface area contributed by atoms with E-state index in [0.29, 0.717) is 14.9 Å². The largest absolute Gasteiger partial charge is 0.504 e. The van der Waals surface area contributed by atoms with Crippen molar-refractivity contribution in [3.63, 3.8) is 0 Å². The van der Waals surface area contributed by atoms with Crippen LogP contribution in [0.25, 0.3) is 43.6 Å². The van der Waals surface area contributed by atoms with E-state index >= 15 is 0 Å². The molecule has 0 saturated heterocycles. The van der Waals surface area contributed by atoms with E-state index in [2.05, 4.69) is 9.17 Å². The van der Waals surface area contributed by atoms with Crippen molar-refractivity contribution < 1.29 is 35.2 Å². The number of nitrogens with one attached hydrogen (secondary N) is 1. The molecule has 154 valence electrons. The molecule has 0 aliphatic heterocycles. The summed E-state index contributed by atoms with van der Waals surface area (Å²) >= 11 is 0. The normalized spacial score (nSPS) is 13.0. The Morgan fingerprint density at radius 3 is 2.30 bits per heavy atom. The summed E-state index contributed by atoms with van der Waals surface area (Å²) < 4.78 is 70.1. The highest BCUT2D eigenvalue weighted by Crippen LogP contribution is 2.42. The zero-order valence-corrected chi connectivity index (χ0v) is 16.4. The van der Waals surface area contributed by atoms with Gasteiger partial charge >= 0.3 is 20.7 Å². The maximum Gasteiger partial charge on any atom is 0.446 e. The summed E-state index contributed by atoms with van der Waals surface area (Å²) in [5.74, 6) is -1.35. The Morgan fingerprint density at radius 1 is 0.867 bits per heavy atom. The quantitative estimate of drug-likeness (QED) is 0.307. The van der Waals surface area contributed by atoms with Crippen molar-refractivity contribution >= 4 is 64.3 Å². The van der Waals surface area contributed by atoms with Crippen molar-refractivity contribution in [2.45, 2.75) is 0 Å². The number of aromatic hydroxyl groups is 1. The van der Waals surface area contributed by atoms with Crippen LogP contribution in [0.15, 0.2) is 48.5 Å². The molecular weight excluding hydrogens is 436 g/mol. The molecule has 3 aromatic carbocycles. The van der Waals surface area contributed by atoms with Gasteiger partial charge in [0, 0.05) is 33.1 Å². The number of phenolic OH excluding ortho intramolecular Hbond substituents is 1. The van der Waals surface area contributed by atoms with Gasteiger partial charge in [-0.1, -0.05) is 24.3 Å². The van der Waals surface area contributed by atoms with Crippen molar-refractivity contribution in [1.82, 2.24) is 8.96 Å². The van der Waals surface area contributed by atoms with Gasteiger partial charge in [-0.25, -0.2) is 3.97 Å². The Bertz CT molecular complexity index is 1730. The highest BCUT2D eigenvalue weighted by atomic mass is 32.3. The smallest absolute Gasteiger partial charge is 0.446 e.